The lowest BCUT2D eigenvalue weighted by Crippen LogP contribution is -2.37. The highest BCUT2D eigenvalue weighted by Gasteiger charge is 2.22. The molecule has 1 saturated carbocycles. The largest absolute Gasteiger partial charge is 0.349 e. The molecule has 1 N–H and O–H groups in total. The molecule has 5 rings (SSSR count). The van der Waals surface area contributed by atoms with Crippen LogP contribution in [0, 0.1) is 5.92 Å². The van der Waals surface area contributed by atoms with Crippen molar-refractivity contribution in [2.24, 2.45) is 5.92 Å². The van der Waals surface area contributed by atoms with E-state index in [1.54, 1.807) is 0 Å². The number of benzene rings is 2. The highest BCUT2D eigenvalue weighted by Crippen LogP contribution is 2.34. The van der Waals surface area contributed by atoms with Gasteiger partial charge in [-0.25, -0.2) is 0 Å². The summed E-state index contributed by atoms with van der Waals surface area (Å²) in [5, 5.41) is 3.25. The van der Waals surface area contributed by atoms with Gasteiger partial charge in [-0.15, -0.1) is 0 Å². The number of hydrogen-bond acceptors (Lipinski definition) is 1. The Morgan fingerprint density at radius 2 is 1.61 bits per heavy atom. The van der Waals surface area contributed by atoms with Gasteiger partial charge in [0.25, 0.3) is 5.91 Å². The van der Waals surface area contributed by atoms with Gasteiger partial charge in [-0.1, -0.05) is 37.3 Å². The van der Waals surface area contributed by atoms with Gasteiger partial charge in [-0.2, -0.15) is 0 Å². The van der Waals surface area contributed by atoms with E-state index in [0.29, 0.717) is 6.04 Å². The first-order valence-electron chi connectivity index (χ1n) is 11.9. The lowest BCUT2D eigenvalue weighted by atomic mass is 9.87. The number of fused-ring (bicyclic) bond motifs is 1. The average molecular weight is 413 g/mol. The van der Waals surface area contributed by atoms with E-state index in [1.807, 2.05) is 12.1 Å². The molecule has 0 saturated heterocycles. The molecule has 3 aromatic rings. The summed E-state index contributed by atoms with van der Waals surface area (Å²) in [6, 6.07) is 21.5. The first-order chi connectivity index (χ1) is 15.2. The maximum absolute atomic E-state index is 12.8. The van der Waals surface area contributed by atoms with Crippen LogP contribution in [0.25, 0.3) is 16.9 Å². The van der Waals surface area contributed by atoms with Crippen LogP contribution in [0.5, 0.6) is 0 Å². The van der Waals surface area contributed by atoms with Gasteiger partial charge in [-0.05, 0) is 98.7 Å². The number of aromatic nitrogens is 1. The number of carbonyl (C=O) groups is 1. The molecule has 3 heteroatoms. The van der Waals surface area contributed by atoms with Crippen LogP contribution in [0.1, 0.15) is 67.1 Å². The van der Waals surface area contributed by atoms with Crippen LogP contribution in [-0.2, 0) is 12.8 Å². The summed E-state index contributed by atoms with van der Waals surface area (Å²) in [5.41, 5.74) is 7.29. The van der Waals surface area contributed by atoms with Crippen LogP contribution in [-0.4, -0.2) is 16.5 Å². The van der Waals surface area contributed by atoms with Gasteiger partial charge < -0.3 is 9.88 Å². The molecule has 0 atom stereocenters. The first kappa shape index (κ1) is 20.1. The van der Waals surface area contributed by atoms with E-state index < -0.39 is 0 Å². The predicted molar refractivity (Wildman–Crippen MR) is 127 cm³/mol. The van der Waals surface area contributed by atoms with Crippen molar-refractivity contribution in [3.63, 3.8) is 0 Å². The molecule has 1 amide bonds. The second-order valence-corrected chi connectivity index (χ2v) is 9.39. The Balaban J connectivity index is 1.42. The van der Waals surface area contributed by atoms with Crippen molar-refractivity contribution in [2.75, 3.05) is 0 Å². The molecule has 2 aromatic carbocycles. The third kappa shape index (κ3) is 4.19. The Kier molecular flexibility index (Phi) is 5.67. The zero-order valence-corrected chi connectivity index (χ0v) is 18.4. The number of nitrogens with zero attached hydrogens (tertiary/aromatic N) is 1. The van der Waals surface area contributed by atoms with E-state index in [2.05, 4.69) is 65.3 Å². The van der Waals surface area contributed by atoms with E-state index in [1.165, 1.54) is 48.2 Å². The molecule has 1 fully saturated rings. The molecular weight excluding hydrogens is 380 g/mol. The summed E-state index contributed by atoms with van der Waals surface area (Å²) in [6.07, 6.45) is 9.40. The predicted octanol–water partition coefficient (Wildman–Crippen LogP) is 6.33. The third-order valence-electron chi connectivity index (χ3n) is 7.11. The molecule has 2 aliphatic rings. The maximum Gasteiger partial charge on any atom is 0.251 e. The fourth-order valence-electron chi connectivity index (χ4n) is 5.25. The number of aryl methyl sites for hydroxylation is 1. The zero-order valence-electron chi connectivity index (χ0n) is 18.4. The van der Waals surface area contributed by atoms with Crippen LogP contribution in [0.15, 0.2) is 60.7 Å². The molecule has 160 valence electrons. The van der Waals surface area contributed by atoms with Crippen molar-refractivity contribution in [3.8, 4) is 16.9 Å². The summed E-state index contributed by atoms with van der Waals surface area (Å²) in [4.78, 5) is 12.8. The number of carbonyl (C=O) groups excluding carboxylic acids is 1. The van der Waals surface area contributed by atoms with Crippen LogP contribution in [0.3, 0.4) is 0 Å². The van der Waals surface area contributed by atoms with Crippen molar-refractivity contribution in [3.05, 3.63) is 77.5 Å². The Labute approximate surface area is 185 Å². The molecule has 2 aliphatic carbocycles. The molecule has 0 aliphatic heterocycles. The summed E-state index contributed by atoms with van der Waals surface area (Å²) < 4.78 is 2.41. The number of nitrogens with one attached hydrogen (secondary N) is 1. The molecule has 0 spiro atoms. The number of rotatable bonds is 4. The first-order valence-corrected chi connectivity index (χ1v) is 11.9. The summed E-state index contributed by atoms with van der Waals surface area (Å²) in [7, 11) is 0. The molecule has 1 aromatic heterocycles. The Bertz CT molecular complexity index is 1040. The highest BCUT2D eigenvalue weighted by atomic mass is 16.1. The van der Waals surface area contributed by atoms with Gasteiger partial charge in [-0.3, -0.25) is 4.79 Å². The minimum atomic E-state index is 0.0592. The van der Waals surface area contributed by atoms with E-state index in [-0.39, 0.29) is 5.91 Å². The van der Waals surface area contributed by atoms with Crippen LogP contribution >= 0.6 is 0 Å². The third-order valence-corrected chi connectivity index (χ3v) is 7.11. The van der Waals surface area contributed by atoms with Gasteiger partial charge in [0.1, 0.15) is 0 Å². The normalized spacial score (nSPS) is 20.8. The van der Waals surface area contributed by atoms with Crippen molar-refractivity contribution < 1.29 is 4.79 Å². The topological polar surface area (TPSA) is 34.0 Å². The summed E-state index contributed by atoms with van der Waals surface area (Å²) >= 11 is 0. The molecular formula is C28H32N2O. The quantitative estimate of drug-likeness (QED) is 0.534. The van der Waals surface area contributed by atoms with Gasteiger partial charge >= 0.3 is 0 Å². The number of hydrogen-bond donors (Lipinski definition) is 1. The molecule has 31 heavy (non-hydrogen) atoms. The molecule has 1 heterocycles. The van der Waals surface area contributed by atoms with Gasteiger partial charge in [0, 0.05) is 23.0 Å². The minimum absolute atomic E-state index is 0.0592. The smallest absolute Gasteiger partial charge is 0.251 e. The standard InChI is InChI=1S/C28H32N2O/c1-20-11-15-24(16-12-20)29-28(31)22-13-17-25(18-14-22)30-26-10-6-5-9-23(26)19-27(30)21-7-3-2-4-8-21/h2-4,7-8,13-14,17-20,24H,5-6,9-12,15-16H2,1H3,(H,29,31). The Morgan fingerprint density at radius 1 is 0.903 bits per heavy atom. The lowest BCUT2D eigenvalue weighted by Gasteiger charge is -2.27. The lowest BCUT2D eigenvalue weighted by molar-refractivity contribution is 0.0923. The molecule has 3 nitrogen and oxygen atoms in total. The van der Waals surface area contributed by atoms with Crippen molar-refractivity contribution >= 4 is 5.91 Å². The molecule has 0 radical (unpaired) electrons. The van der Waals surface area contributed by atoms with Crippen LogP contribution in [0.2, 0.25) is 0 Å². The number of amides is 1. The van der Waals surface area contributed by atoms with Crippen LogP contribution < -0.4 is 5.32 Å². The van der Waals surface area contributed by atoms with E-state index in [0.717, 1.165) is 42.9 Å². The second-order valence-electron chi connectivity index (χ2n) is 9.39. The van der Waals surface area contributed by atoms with Crippen LogP contribution in [0.4, 0.5) is 0 Å². The minimum Gasteiger partial charge on any atom is -0.349 e. The Hall–Kier alpha value is -2.81. The van der Waals surface area contributed by atoms with Gasteiger partial charge in [0.2, 0.25) is 0 Å². The van der Waals surface area contributed by atoms with E-state index in [9.17, 15) is 4.79 Å². The zero-order chi connectivity index (χ0) is 21.2. The van der Waals surface area contributed by atoms with Crippen molar-refractivity contribution in [2.45, 2.75) is 64.3 Å². The van der Waals surface area contributed by atoms with Gasteiger partial charge in [0.15, 0.2) is 0 Å². The Morgan fingerprint density at radius 3 is 2.35 bits per heavy atom. The maximum atomic E-state index is 12.8. The monoisotopic (exact) mass is 412 g/mol. The van der Waals surface area contributed by atoms with E-state index >= 15 is 0 Å². The van der Waals surface area contributed by atoms with Crippen molar-refractivity contribution in [1.29, 1.82) is 0 Å². The molecule has 0 unspecified atom stereocenters. The average Bonchev–Trinajstić information content (AvgIpc) is 3.21. The summed E-state index contributed by atoms with van der Waals surface area (Å²) in [6.45, 7) is 2.31. The van der Waals surface area contributed by atoms with E-state index in [4.69, 9.17) is 0 Å². The fraction of sp³-hybridized carbons (Fsp3) is 0.393. The fourth-order valence-corrected chi connectivity index (χ4v) is 5.25. The SMILES string of the molecule is CC1CCC(NC(=O)c2ccc(-n3c(-c4ccccc4)cc4c3CCCC4)cc2)CC1. The second kappa shape index (κ2) is 8.74. The molecule has 0 bridgehead atoms. The highest BCUT2D eigenvalue weighted by molar-refractivity contribution is 5.94. The van der Waals surface area contributed by atoms with Gasteiger partial charge in [0.05, 0.1) is 5.69 Å². The van der Waals surface area contributed by atoms with Crippen molar-refractivity contribution in [1.82, 2.24) is 9.88 Å². The summed E-state index contributed by atoms with van der Waals surface area (Å²) in [5.74, 6) is 0.850.